The molecule has 3 aromatic rings. The van der Waals surface area contributed by atoms with Crippen LogP contribution in [0.15, 0.2) is 29.1 Å². The van der Waals surface area contributed by atoms with Crippen LogP contribution in [0.2, 0.25) is 0 Å². The van der Waals surface area contributed by atoms with Crippen molar-refractivity contribution in [3.05, 3.63) is 62.3 Å². The Kier molecular flexibility index (Phi) is 6.21. The second-order valence-electron chi connectivity index (χ2n) is 8.21. The molecular formula is C23H26FN3O2S2. The lowest BCUT2D eigenvalue weighted by Gasteiger charge is -2.32. The first kappa shape index (κ1) is 22.0. The number of hydrogen-bond donors (Lipinski definition) is 2. The van der Waals surface area contributed by atoms with Gasteiger partial charge in [0.25, 0.3) is 5.56 Å². The van der Waals surface area contributed by atoms with E-state index >= 15 is 0 Å². The summed E-state index contributed by atoms with van der Waals surface area (Å²) in [7, 11) is 0. The Hall–Kier alpha value is -2.19. The van der Waals surface area contributed by atoms with Crippen LogP contribution in [0.4, 0.5) is 4.39 Å². The zero-order valence-corrected chi connectivity index (χ0v) is 19.5. The van der Waals surface area contributed by atoms with Crippen LogP contribution in [-0.4, -0.2) is 21.1 Å². The number of benzene rings is 1. The van der Waals surface area contributed by atoms with E-state index in [2.05, 4.69) is 15.3 Å². The summed E-state index contributed by atoms with van der Waals surface area (Å²) in [6.07, 6.45) is 3.77. The molecule has 164 valence electrons. The van der Waals surface area contributed by atoms with Crippen LogP contribution >= 0.6 is 23.1 Å². The maximum Gasteiger partial charge on any atom is 0.259 e. The number of halogens is 1. The summed E-state index contributed by atoms with van der Waals surface area (Å²) in [5.74, 6) is 0.695. The number of thiophene rings is 1. The molecule has 2 N–H and O–H groups in total. The van der Waals surface area contributed by atoms with Crippen molar-refractivity contribution >= 4 is 39.2 Å². The number of nitrogens with one attached hydrogen (secondary N) is 2. The molecular weight excluding hydrogens is 433 g/mol. The molecule has 4 rings (SSSR count). The van der Waals surface area contributed by atoms with Crippen molar-refractivity contribution in [2.24, 2.45) is 0 Å². The molecule has 0 radical (unpaired) electrons. The molecule has 1 saturated carbocycles. The van der Waals surface area contributed by atoms with Gasteiger partial charge in [-0.15, -0.1) is 23.1 Å². The molecule has 1 atom stereocenters. The smallest absolute Gasteiger partial charge is 0.259 e. The number of nitrogens with zero attached hydrogens (tertiary/aromatic N) is 1. The van der Waals surface area contributed by atoms with Crippen molar-refractivity contribution < 1.29 is 9.18 Å². The first-order chi connectivity index (χ1) is 14.8. The van der Waals surface area contributed by atoms with E-state index in [-0.39, 0.29) is 22.5 Å². The number of carbonyl (C=O) groups excluding carboxylic acids is 1. The van der Waals surface area contributed by atoms with E-state index in [1.165, 1.54) is 35.2 Å². The number of aromatic amines is 1. The lowest BCUT2D eigenvalue weighted by Crippen LogP contribution is -2.46. The van der Waals surface area contributed by atoms with Gasteiger partial charge in [-0.2, -0.15) is 0 Å². The topological polar surface area (TPSA) is 74.8 Å². The Morgan fingerprint density at radius 2 is 1.97 bits per heavy atom. The molecule has 1 aliphatic carbocycles. The standard InChI is InChI=1S/C23H26FN3O2S2/c1-13-14(2)31-22-19(13)21(29)25-18(26-22)12-30-15(3)20(28)27-23(10-4-5-11-23)16-6-8-17(24)9-7-16/h6-9,15H,4-5,10-12H2,1-3H3,(H,27,28)(H,25,26,29). The Labute approximate surface area is 188 Å². The van der Waals surface area contributed by atoms with Crippen molar-refractivity contribution in [2.75, 3.05) is 0 Å². The number of H-pyrrole nitrogens is 1. The molecule has 2 aromatic heterocycles. The lowest BCUT2D eigenvalue weighted by molar-refractivity contribution is -0.122. The van der Waals surface area contributed by atoms with E-state index in [9.17, 15) is 14.0 Å². The summed E-state index contributed by atoms with van der Waals surface area (Å²) < 4.78 is 13.4. The Balaban J connectivity index is 1.45. The Morgan fingerprint density at radius 1 is 1.29 bits per heavy atom. The zero-order chi connectivity index (χ0) is 22.2. The van der Waals surface area contributed by atoms with Crippen molar-refractivity contribution in [3.8, 4) is 0 Å². The zero-order valence-electron chi connectivity index (χ0n) is 17.9. The third kappa shape index (κ3) is 4.41. The highest BCUT2D eigenvalue weighted by Crippen LogP contribution is 2.39. The number of aromatic nitrogens is 2. The van der Waals surface area contributed by atoms with Crippen LogP contribution in [0.1, 0.15) is 54.4 Å². The highest BCUT2D eigenvalue weighted by Gasteiger charge is 2.38. The van der Waals surface area contributed by atoms with Crippen LogP contribution in [0.3, 0.4) is 0 Å². The molecule has 2 heterocycles. The van der Waals surface area contributed by atoms with Gasteiger partial charge in [0, 0.05) is 4.88 Å². The van der Waals surface area contributed by atoms with E-state index in [1.54, 1.807) is 12.1 Å². The minimum atomic E-state index is -0.433. The van der Waals surface area contributed by atoms with Gasteiger partial charge in [-0.05, 0) is 56.9 Å². The van der Waals surface area contributed by atoms with Crippen molar-refractivity contribution in [3.63, 3.8) is 0 Å². The largest absolute Gasteiger partial charge is 0.346 e. The van der Waals surface area contributed by atoms with E-state index < -0.39 is 5.54 Å². The second kappa shape index (κ2) is 8.74. The van der Waals surface area contributed by atoms with Gasteiger partial charge in [-0.1, -0.05) is 25.0 Å². The maximum atomic E-state index is 13.4. The first-order valence-corrected chi connectivity index (χ1v) is 12.3. The summed E-state index contributed by atoms with van der Waals surface area (Å²) >= 11 is 2.97. The summed E-state index contributed by atoms with van der Waals surface area (Å²) in [5, 5.41) is 3.59. The van der Waals surface area contributed by atoms with Crippen LogP contribution in [0.25, 0.3) is 10.2 Å². The summed E-state index contributed by atoms with van der Waals surface area (Å²) in [6.45, 7) is 5.79. The van der Waals surface area contributed by atoms with E-state index in [4.69, 9.17) is 0 Å². The fourth-order valence-electron chi connectivity index (χ4n) is 4.22. The predicted octanol–water partition coefficient (Wildman–Crippen LogP) is 4.95. The Morgan fingerprint density at radius 3 is 2.65 bits per heavy atom. The van der Waals surface area contributed by atoms with Crippen LogP contribution in [0.5, 0.6) is 0 Å². The first-order valence-electron chi connectivity index (χ1n) is 10.5. The number of thioether (sulfide) groups is 1. The molecule has 1 aliphatic rings. The molecule has 5 nitrogen and oxygen atoms in total. The third-order valence-electron chi connectivity index (χ3n) is 6.14. The number of fused-ring (bicyclic) bond motifs is 1. The highest BCUT2D eigenvalue weighted by atomic mass is 32.2. The molecule has 0 spiro atoms. The monoisotopic (exact) mass is 459 g/mol. The van der Waals surface area contributed by atoms with Gasteiger partial charge < -0.3 is 10.3 Å². The summed E-state index contributed by atoms with van der Waals surface area (Å²) in [4.78, 5) is 34.8. The Bertz CT molecular complexity index is 1160. The molecule has 0 bridgehead atoms. The van der Waals surface area contributed by atoms with Crippen molar-refractivity contribution in [2.45, 2.75) is 63.0 Å². The minimum Gasteiger partial charge on any atom is -0.346 e. The van der Waals surface area contributed by atoms with Crippen molar-refractivity contribution in [1.82, 2.24) is 15.3 Å². The maximum absolute atomic E-state index is 13.4. The number of rotatable bonds is 6. The molecule has 1 unspecified atom stereocenters. The fourth-order valence-corrected chi connectivity index (χ4v) is 6.02. The van der Waals surface area contributed by atoms with Gasteiger partial charge in [0.1, 0.15) is 16.5 Å². The van der Waals surface area contributed by atoms with Gasteiger partial charge in [0.05, 0.1) is 21.9 Å². The highest BCUT2D eigenvalue weighted by molar-refractivity contribution is 7.99. The molecule has 1 amide bonds. The van der Waals surface area contributed by atoms with Gasteiger partial charge in [0.15, 0.2) is 0 Å². The van der Waals surface area contributed by atoms with Crippen molar-refractivity contribution in [1.29, 1.82) is 0 Å². The van der Waals surface area contributed by atoms with E-state index in [0.29, 0.717) is 17.0 Å². The predicted molar refractivity (Wildman–Crippen MR) is 125 cm³/mol. The molecule has 1 fully saturated rings. The molecule has 0 aliphatic heterocycles. The van der Waals surface area contributed by atoms with E-state index in [0.717, 1.165) is 46.5 Å². The van der Waals surface area contributed by atoms with Gasteiger partial charge in [0.2, 0.25) is 5.91 Å². The number of carbonyl (C=O) groups is 1. The van der Waals surface area contributed by atoms with E-state index in [1.807, 2.05) is 20.8 Å². The summed E-state index contributed by atoms with van der Waals surface area (Å²) in [5.41, 5.74) is 1.37. The SMILES string of the molecule is Cc1sc2nc(CSC(C)C(=O)NC3(c4ccc(F)cc4)CCCC3)[nH]c(=O)c2c1C. The van der Waals surface area contributed by atoms with Crippen LogP contribution < -0.4 is 10.9 Å². The minimum absolute atomic E-state index is 0.0533. The third-order valence-corrected chi connectivity index (χ3v) is 8.40. The molecule has 8 heteroatoms. The normalized spacial score (nSPS) is 16.5. The second-order valence-corrected chi connectivity index (χ2v) is 10.7. The summed E-state index contributed by atoms with van der Waals surface area (Å²) in [6, 6.07) is 6.44. The average molecular weight is 460 g/mol. The van der Waals surface area contributed by atoms with Crippen LogP contribution in [-0.2, 0) is 16.1 Å². The molecule has 0 saturated heterocycles. The van der Waals surface area contributed by atoms with Gasteiger partial charge in [-0.25, -0.2) is 9.37 Å². The number of aryl methyl sites for hydroxylation is 2. The average Bonchev–Trinajstić information content (AvgIpc) is 3.32. The lowest BCUT2D eigenvalue weighted by atomic mass is 9.88. The fraction of sp³-hybridized carbons (Fsp3) is 0.435. The quantitative estimate of drug-likeness (QED) is 0.547. The van der Waals surface area contributed by atoms with Gasteiger partial charge in [-0.3, -0.25) is 9.59 Å². The molecule has 31 heavy (non-hydrogen) atoms. The molecule has 1 aromatic carbocycles. The number of amides is 1. The van der Waals surface area contributed by atoms with Gasteiger partial charge >= 0.3 is 0 Å². The number of hydrogen-bond acceptors (Lipinski definition) is 5. The van der Waals surface area contributed by atoms with Crippen LogP contribution in [0, 0.1) is 19.7 Å².